The summed E-state index contributed by atoms with van der Waals surface area (Å²) < 4.78 is 6.03. The average Bonchev–Trinajstić information content (AvgIpc) is 3.03. The van der Waals surface area contributed by atoms with Crippen molar-refractivity contribution in [2.75, 3.05) is 18.0 Å². The Bertz CT molecular complexity index is 1070. The number of anilines is 1. The molecule has 2 fully saturated rings. The lowest BCUT2D eigenvalue weighted by Gasteiger charge is -2.41. The summed E-state index contributed by atoms with van der Waals surface area (Å²) in [5, 5.41) is 0. The second-order valence-corrected chi connectivity index (χ2v) is 8.36. The Morgan fingerprint density at radius 3 is 2.19 bits per heavy atom. The van der Waals surface area contributed by atoms with E-state index >= 15 is 0 Å². The number of likely N-dealkylation sites (tertiary alicyclic amines) is 1. The third-order valence-electron chi connectivity index (χ3n) is 6.06. The first-order valence-electron chi connectivity index (χ1n) is 10.8. The Morgan fingerprint density at radius 1 is 0.903 bits per heavy atom. The molecule has 3 heterocycles. The second-order valence-electron chi connectivity index (χ2n) is 8.36. The van der Waals surface area contributed by atoms with Crippen LogP contribution in [0.25, 0.3) is 0 Å². The third-order valence-corrected chi connectivity index (χ3v) is 6.06. The van der Waals surface area contributed by atoms with Crippen LogP contribution in [-0.4, -0.2) is 45.9 Å². The van der Waals surface area contributed by atoms with Gasteiger partial charge in [-0.2, -0.15) is 0 Å². The molecule has 2 saturated heterocycles. The molecule has 158 valence electrons. The molecule has 0 spiro atoms. The highest BCUT2D eigenvalue weighted by Crippen LogP contribution is 2.35. The van der Waals surface area contributed by atoms with Crippen molar-refractivity contribution >= 4 is 11.9 Å². The largest absolute Gasteiger partial charge is 0.457 e. The maximum atomic E-state index is 13.5. The molecule has 3 aromatic rings. The zero-order valence-electron chi connectivity index (χ0n) is 17.9. The van der Waals surface area contributed by atoms with E-state index in [1.807, 2.05) is 79.4 Å². The third kappa shape index (κ3) is 3.85. The lowest BCUT2D eigenvalue weighted by atomic mass is 10.1. The highest BCUT2D eigenvalue weighted by Gasteiger charge is 2.43. The molecular weight excluding hydrogens is 388 g/mol. The van der Waals surface area contributed by atoms with Gasteiger partial charge in [0.2, 0.25) is 5.95 Å². The van der Waals surface area contributed by atoms with Crippen LogP contribution in [0.3, 0.4) is 0 Å². The van der Waals surface area contributed by atoms with Gasteiger partial charge in [0.1, 0.15) is 11.5 Å². The number of piperazine rings is 1. The standard InChI is InChI=1S/C25H26N4O2/c1-17-14-18(2)27-25(26-17)29-19-12-13-20(29)16-28(15-19)24(30)22-10-6-7-11-23(22)31-21-8-4-3-5-9-21/h3-11,14,19-20H,12-13,15-16H2,1-2H3. The Morgan fingerprint density at radius 2 is 1.52 bits per heavy atom. The SMILES string of the molecule is Cc1cc(C)nc(N2C3CCC2CN(C(=O)c2ccccc2Oc2ccccc2)C3)n1. The number of nitrogens with zero attached hydrogens (tertiary/aromatic N) is 4. The fourth-order valence-corrected chi connectivity index (χ4v) is 4.74. The molecule has 2 atom stereocenters. The van der Waals surface area contributed by atoms with Crippen LogP contribution in [0.2, 0.25) is 0 Å². The van der Waals surface area contributed by atoms with E-state index in [4.69, 9.17) is 4.74 Å². The van der Waals surface area contributed by atoms with Gasteiger partial charge in [-0.15, -0.1) is 0 Å². The van der Waals surface area contributed by atoms with Crippen LogP contribution in [-0.2, 0) is 0 Å². The smallest absolute Gasteiger partial charge is 0.257 e. The minimum Gasteiger partial charge on any atom is -0.457 e. The van der Waals surface area contributed by atoms with Crippen molar-refractivity contribution in [3.8, 4) is 11.5 Å². The van der Waals surface area contributed by atoms with E-state index in [1.54, 1.807) is 0 Å². The number of carbonyl (C=O) groups excluding carboxylic acids is 1. The molecule has 5 rings (SSSR count). The van der Waals surface area contributed by atoms with E-state index in [1.165, 1.54) is 0 Å². The zero-order chi connectivity index (χ0) is 21.4. The molecular formula is C25H26N4O2. The lowest BCUT2D eigenvalue weighted by Crippen LogP contribution is -2.56. The molecule has 2 bridgehead atoms. The van der Waals surface area contributed by atoms with Crippen LogP contribution < -0.4 is 9.64 Å². The van der Waals surface area contributed by atoms with Gasteiger partial charge in [-0.05, 0) is 57.0 Å². The first kappa shape index (κ1) is 19.5. The van der Waals surface area contributed by atoms with E-state index in [0.717, 1.165) is 35.9 Å². The molecule has 0 N–H and O–H groups in total. The minimum atomic E-state index is 0.0180. The molecule has 0 radical (unpaired) electrons. The van der Waals surface area contributed by atoms with Crippen LogP contribution in [0.5, 0.6) is 11.5 Å². The van der Waals surface area contributed by atoms with E-state index in [-0.39, 0.29) is 18.0 Å². The summed E-state index contributed by atoms with van der Waals surface area (Å²) in [6.45, 7) is 5.35. The molecule has 0 aliphatic carbocycles. The van der Waals surface area contributed by atoms with E-state index < -0.39 is 0 Å². The predicted octanol–water partition coefficient (Wildman–Crippen LogP) is 4.38. The number of hydrogen-bond acceptors (Lipinski definition) is 5. The summed E-state index contributed by atoms with van der Waals surface area (Å²) in [7, 11) is 0. The van der Waals surface area contributed by atoms with Crippen molar-refractivity contribution in [3.05, 3.63) is 77.6 Å². The van der Waals surface area contributed by atoms with Gasteiger partial charge in [0.05, 0.1) is 5.56 Å². The summed E-state index contributed by atoms with van der Waals surface area (Å²) in [5.41, 5.74) is 2.56. The number of rotatable bonds is 4. The van der Waals surface area contributed by atoms with Crippen LogP contribution in [0.1, 0.15) is 34.6 Å². The summed E-state index contributed by atoms with van der Waals surface area (Å²) in [4.78, 5) is 27.1. The molecule has 2 aliphatic heterocycles. The molecule has 1 amide bonds. The number of ether oxygens (including phenoxy) is 1. The lowest BCUT2D eigenvalue weighted by molar-refractivity contribution is 0.0714. The maximum Gasteiger partial charge on any atom is 0.257 e. The molecule has 2 unspecified atom stereocenters. The van der Waals surface area contributed by atoms with Crippen LogP contribution in [0.15, 0.2) is 60.7 Å². The summed E-state index contributed by atoms with van der Waals surface area (Å²) in [6, 6.07) is 19.5. The molecule has 31 heavy (non-hydrogen) atoms. The number of aromatic nitrogens is 2. The molecule has 1 aromatic heterocycles. The van der Waals surface area contributed by atoms with Gasteiger partial charge in [0.15, 0.2) is 0 Å². The second kappa shape index (κ2) is 8.02. The van der Waals surface area contributed by atoms with Crippen molar-refractivity contribution in [2.24, 2.45) is 0 Å². The van der Waals surface area contributed by atoms with Crippen molar-refractivity contribution < 1.29 is 9.53 Å². The highest BCUT2D eigenvalue weighted by atomic mass is 16.5. The van der Waals surface area contributed by atoms with Gasteiger partial charge in [0, 0.05) is 36.6 Å². The van der Waals surface area contributed by atoms with Gasteiger partial charge in [-0.3, -0.25) is 4.79 Å². The number of hydrogen-bond donors (Lipinski definition) is 0. The topological polar surface area (TPSA) is 58.6 Å². The van der Waals surface area contributed by atoms with Crippen LogP contribution in [0, 0.1) is 13.8 Å². The van der Waals surface area contributed by atoms with E-state index in [9.17, 15) is 4.79 Å². The highest BCUT2D eigenvalue weighted by molar-refractivity contribution is 5.97. The van der Waals surface area contributed by atoms with Crippen molar-refractivity contribution in [3.63, 3.8) is 0 Å². The Balaban J connectivity index is 1.37. The maximum absolute atomic E-state index is 13.5. The minimum absolute atomic E-state index is 0.0180. The molecule has 6 heteroatoms. The Hall–Kier alpha value is -3.41. The van der Waals surface area contributed by atoms with Gasteiger partial charge in [-0.25, -0.2) is 9.97 Å². The van der Waals surface area contributed by atoms with Crippen LogP contribution >= 0.6 is 0 Å². The fraction of sp³-hybridized carbons (Fsp3) is 0.320. The Labute approximate surface area is 182 Å². The van der Waals surface area contributed by atoms with Gasteiger partial charge in [-0.1, -0.05) is 30.3 Å². The average molecular weight is 415 g/mol. The number of aryl methyl sites for hydroxylation is 2. The number of benzene rings is 2. The first-order valence-corrected chi connectivity index (χ1v) is 10.8. The number of fused-ring (bicyclic) bond motifs is 2. The summed E-state index contributed by atoms with van der Waals surface area (Å²) in [5.74, 6) is 2.13. The van der Waals surface area contributed by atoms with E-state index in [0.29, 0.717) is 24.4 Å². The summed E-state index contributed by atoms with van der Waals surface area (Å²) in [6.07, 6.45) is 2.10. The molecule has 2 aliphatic rings. The van der Waals surface area contributed by atoms with Crippen molar-refractivity contribution in [1.82, 2.24) is 14.9 Å². The molecule has 6 nitrogen and oxygen atoms in total. The van der Waals surface area contributed by atoms with Crippen LogP contribution in [0.4, 0.5) is 5.95 Å². The first-order chi connectivity index (χ1) is 15.1. The molecule has 2 aromatic carbocycles. The number of amides is 1. The van der Waals surface area contributed by atoms with Crippen molar-refractivity contribution in [1.29, 1.82) is 0 Å². The van der Waals surface area contributed by atoms with E-state index in [2.05, 4.69) is 14.9 Å². The number of carbonyl (C=O) groups is 1. The number of para-hydroxylation sites is 2. The zero-order valence-corrected chi connectivity index (χ0v) is 17.9. The van der Waals surface area contributed by atoms with Gasteiger partial charge >= 0.3 is 0 Å². The predicted molar refractivity (Wildman–Crippen MR) is 120 cm³/mol. The normalized spacial score (nSPS) is 20.1. The monoisotopic (exact) mass is 414 g/mol. The summed E-state index contributed by atoms with van der Waals surface area (Å²) >= 11 is 0. The van der Waals surface area contributed by atoms with Gasteiger partial charge < -0.3 is 14.5 Å². The van der Waals surface area contributed by atoms with Crippen molar-refractivity contribution in [2.45, 2.75) is 38.8 Å². The fourth-order valence-electron chi connectivity index (χ4n) is 4.74. The molecule has 0 saturated carbocycles. The van der Waals surface area contributed by atoms with Gasteiger partial charge in [0.25, 0.3) is 5.91 Å². The Kier molecular flexibility index (Phi) is 5.06. The quantitative estimate of drug-likeness (QED) is 0.634.